The number of aromatic carboxylic acids is 1. The number of carboxylic acids is 1. The Hall–Kier alpha value is -2.89. The Bertz CT molecular complexity index is 778. The number of ether oxygens (including phenoxy) is 1. The van der Waals surface area contributed by atoms with Gasteiger partial charge in [-0.25, -0.2) is 14.8 Å². The molecule has 0 atom stereocenters. The minimum atomic E-state index is -1.01. The molecular weight excluding hydrogens is 270 g/mol. The van der Waals surface area contributed by atoms with Crippen LogP contribution < -0.4 is 4.74 Å². The fourth-order valence-corrected chi connectivity index (χ4v) is 2.11. The molecule has 3 rings (SSSR count). The van der Waals surface area contributed by atoms with Gasteiger partial charge in [0.15, 0.2) is 0 Å². The van der Waals surface area contributed by atoms with E-state index in [9.17, 15) is 9.90 Å². The maximum absolute atomic E-state index is 11.2. The molecule has 2 aromatic heterocycles. The van der Waals surface area contributed by atoms with E-state index >= 15 is 0 Å². The average molecular weight is 283 g/mol. The van der Waals surface area contributed by atoms with Crippen LogP contribution in [0.2, 0.25) is 0 Å². The first-order valence-electron chi connectivity index (χ1n) is 6.39. The van der Waals surface area contributed by atoms with Crippen molar-refractivity contribution < 1.29 is 14.6 Å². The molecule has 21 heavy (non-hydrogen) atoms. The van der Waals surface area contributed by atoms with Gasteiger partial charge in [-0.2, -0.15) is 0 Å². The highest BCUT2D eigenvalue weighted by molar-refractivity contribution is 5.91. The Kier molecular flexibility index (Phi) is 3.27. The quantitative estimate of drug-likeness (QED) is 0.795. The zero-order chi connectivity index (χ0) is 14.8. The monoisotopic (exact) mass is 283 g/mol. The molecule has 1 aromatic carbocycles. The van der Waals surface area contributed by atoms with Crippen LogP contribution in [0.3, 0.4) is 0 Å². The first-order chi connectivity index (χ1) is 10.1. The Morgan fingerprint density at radius 2 is 2.24 bits per heavy atom. The SMILES string of the molecule is Cc1cccc(C(=O)O)c1OCc1cn2cccnc2n1. The molecule has 1 N–H and O–H groups in total. The molecule has 6 heteroatoms. The number of rotatable bonds is 4. The summed E-state index contributed by atoms with van der Waals surface area (Å²) in [5, 5.41) is 9.19. The van der Waals surface area contributed by atoms with Crippen molar-refractivity contribution in [2.24, 2.45) is 0 Å². The van der Waals surface area contributed by atoms with Gasteiger partial charge in [-0.15, -0.1) is 0 Å². The molecule has 106 valence electrons. The Morgan fingerprint density at radius 3 is 3.00 bits per heavy atom. The number of nitrogens with zero attached hydrogens (tertiary/aromatic N) is 3. The number of aryl methyl sites for hydroxylation is 1. The Balaban J connectivity index is 1.86. The number of hydrogen-bond acceptors (Lipinski definition) is 4. The summed E-state index contributed by atoms with van der Waals surface area (Å²) in [6.45, 7) is 2.00. The van der Waals surface area contributed by atoms with Crippen LogP contribution >= 0.6 is 0 Å². The van der Waals surface area contributed by atoms with Gasteiger partial charge < -0.3 is 9.84 Å². The van der Waals surface area contributed by atoms with Crippen molar-refractivity contribution in [2.45, 2.75) is 13.5 Å². The normalized spacial score (nSPS) is 10.7. The molecule has 2 heterocycles. The van der Waals surface area contributed by atoms with Crippen LogP contribution in [0.5, 0.6) is 5.75 Å². The number of hydrogen-bond donors (Lipinski definition) is 1. The van der Waals surface area contributed by atoms with Crippen molar-refractivity contribution in [3.63, 3.8) is 0 Å². The second-order valence-electron chi connectivity index (χ2n) is 4.60. The van der Waals surface area contributed by atoms with Crippen LogP contribution in [-0.2, 0) is 6.61 Å². The molecule has 0 unspecified atom stereocenters. The fraction of sp³-hybridized carbons (Fsp3) is 0.133. The number of para-hydroxylation sites is 1. The van der Waals surface area contributed by atoms with Crippen molar-refractivity contribution in [1.29, 1.82) is 0 Å². The molecule has 0 aliphatic heterocycles. The second kappa shape index (κ2) is 5.24. The minimum absolute atomic E-state index is 0.150. The molecular formula is C15H13N3O3. The van der Waals surface area contributed by atoms with Gasteiger partial charge in [-0.1, -0.05) is 12.1 Å². The van der Waals surface area contributed by atoms with E-state index in [1.165, 1.54) is 6.07 Å². The third-order valence-corrected chi connectivity index (χ3v) is 3.09. The van der Waals surface area contributed by atoms with E-state index in [1.807, 2.05) is 25.3 Å². The van der Waals surface area contributed by atoms with Gasteiger partial charge in [-0.05, 0) is 24.6 Å². The van der Waals surface area contributed by atoms with E-state index in [0.29, 0.717) is 17.2 Å². The summed E-state index contributed by atoms with van der Waals surface area (Å²) in [6, 6.07) is 6.84. The van der Waals surface area contributed by atoms with Crippen molar-refractivity contribution in [2.75, 3.05) is 0 Å². The summed E-state index contributed by atoms with van der Waals surface area (Å²) in [5.41, 5.74) is 1.61. The van der Waals surface area contributed by atoms with Crippen LogP contribution in [-0.4, -0.2) is 25.4 Å². The third kappa shape index (κ3) is 2.55. The van der Waals surface area contributed by atoms with Crippen molar-refractivity contribution in [3.05, 3.63) is 59.7 Å². The topological polar surface area (TPSA) is 76.7 Å². The lowest BCUT2D eigenvalue weighted by molar-refractivity contribution is 0.0691. The molecule has 0 bridgehead atoms. The Morgan fingerprint density at radius 1 is 1.38 bits per heavy atom. The van der Waals surface area contributed by atoms with Gasteiger partial charge in [0.05, 0.1) is 5.69 Å². The summed E-state index contributed by atoms with van der Waals surface area (Å²) < 4.78 is 7.45. The van der Waals surface area contributed by atoms with Crippen LogP contribution in [0.4, 0.5) is 0 Å². The molecule has 0 saturated heterocycles. The number of aromatic nitrogens is 3. The molecule has 0 fully saturated rings. The van der Waals surface area contributed by atoms with Gasteiger partial charge in [0, 0.05) is 18.6 Å². The van der Waals surface area contributed by atoms with Gasteiger partial charge in [0.2, 0.25) is 5.78 Å². The van der Waals surface area contributed by atoms with Crippen molar-refractivity contribution >= 4 is 11.7 Å². The van der Waals surface area contributed by atoms with E-state index in [-0.39, 0.29) is 12.2 Å². The lowest BCUT2D eigenvalue weighted by atomic mass is 10.1. The average Bonchev–Trinajstić information content (AvgIpc) is 2.88. The first kappa shape index (κ1) is 13.1. The summed E-state index contributed by atoms with van der Waals surface area (Å²) in [4.78, 5) is 19.7. The summed E-state index contributed by atoms with van der Waals surface area (Å²) in [6.07, 6.45) is 5.31. The first-order valence-corrected chi connectivity index (χ1v) is 6.39. The number of fused-ring (bicyclic) bond motifs is 1. The zero-order valence-corrected chi connectivity index (χ0v) is 11.4. The number of imidazole rings is 1. The maximum Gasteiger partial charge on any atom is 0.339 e. The van der Waals surface area contributed by atoms with Gasteiger partial charge >= 0.3 is 5.97 Å². The molecule has 0 aliphatic carbocycles. The minimum Gasteiger partial charge on any atom is -0.486 e. The van der Waals surface area contributed by atoms with E-state index in [0.717, 1.165) is 5.56 Å². The molecule has 0 aliphatic rings. The molecule has 0 amide bonds. The van der Waals surface area contributed by atoms with Crippen molar-refractivity contribution in [3.8, 4) is 5.75 Å². The second-order valence-corrected chi connectivity index (χ2v) is 4.60. The van der Waals surface area contributed by atoms with E-state index in [1.54, 1.807) is 22.9 Å². The zero-order valence-electron chi connectivity index (χ0n) is 11.4. The standard InChI is InChI=1S/C15H13N3O3/c1-10-4-2-5-12(14(19)20)13(10)21-9-11-8-18-7-3-6-16-15(18)17-11/h2-8H,9H2,1H3,(H,19,20). The highest BCUT2D eigenvalue weighted by atomic mass is 16.5. The number of benzene rings is 1. The van der Waals surface area contributed by atoms with Crippen LogP contribution in [0.25, 0.3) is 5.78 Å². The van der Waals surface area contributed by atoms with Crippen LogP contribution in [0.1, 0.15) is 21.6 Å². The lowest BCUT2D eigenvalue weighted by Gasteiger charge is -2.10. The van der Waals surface area contributed by atoms with Crippen LogP contribution in [0.15, 0.2) is 42.9 Å². The van der Waals surface area contributed by atoms with Gasteiger partial charge in [-0.3, -0.25) is 4.40 Å². The highest BCUT2D eigenvalue weighted by Gasteiger charge is 2.14. The molecule has 0 spiro atoms. The highest BCUT2D eigenvalue weighted by Crippen LogP contribution is 2.24. The predicted octanol–water partition coefficient (Wildman–Crippen LogP) is 2.31. The summed E-state index contributed by atoms with van der Waals surface area (Å²) >= 11 is 0. The molecule has 0 saturated carbocycles. The predicted molar refractivity (Wildman–Crippen MR) is 75.5 cm³/mol. The van der Waals surface area contributed by atoms with Gasteiger partial charge in [0.1, 0.15) is 17.9 Å². The number of carboxylic acid groups (broad SMARTS) is 1. The molecule has 0 radical (unpaired) electrons. The Labute approximate surface area is 120 Å². The summed E-state index contributed by atoms with van der Waals surface area (Å²) in [5.74, 6) is -0.0558. The molecule has 3 aromatic rings. The lowest BCUT2D eigenvalue weighted by Crippen LogP contribution is -2.05. The van der Waals surface area contributed by atoms with E-state index in [4.69, 9.17) is 4.74 Å². The number of carbonyl (C=O) groups is 1. The summed E-state index contributed by atoms with van der Waals surface area (Å²) in [7, 11) is 0. The fourth-order valence-electron chi connectivity index (χ4n) is 2.11. The maximum atomic E-state index is 11.2. The van der Waals surface area contributed by atoms with Crippen molar-refractivity contribution in [1.82, 2.24) is 14.4 Å². The van der Waals surface area contributed by atoms with E-state index < -0.39 is 5.97 Å². The molecule has 6 nitrogen and oxygen atoms in total. The van der Waals surface area contributed by atoms with E-state index in [2.05, 4.69) is 9.97 Å². The largest absolute Gasteiger partial charge is 0.486 e. The smallest absolute Gasteiger partial charge is 0.339 e. The third-order valence-electron chi connectivity index (χ3n) is 3.09. The van der Waals surface area contributed by atoms with Crippen LogP contribution in [0, 0.1) is 6.92 Å². The van der Waals surface area contributed by atoms with Gasteiger partial charge in [0.25, 0.3) is 0 Å².